The van der Waals surface area contributed by atoms with Crippen molar-refractivity contribution < 1.29 is 4.79 Å². The summed E-state index contributed by atoms with van der Waals surface area (Å²) in [5, 5.41) is 4.19. The van der Waals surface area contributed by atoms with E-state index < -0.39 is 0 Å². The number of aromatic nitrogens is 2. The van der Waals surface area contributed by atoms with E-state index in [1.807, 2.05) is 11.8 Å². The summed E-state index contributed by atoms with van der Waals surface area (Å²) >= 11 is 0. The first kappa shape index (κ1) is 17.4. The fourth-order valence-corrected chi connectivity index (χ4v) is 3.57. The van der Waals surface area contributed by atoms with Crippen LogP contribution in [0, 0.1) is 20.8 Å². The number of carbonyl (C=O) groups is 1. The van der Waals surface area contributed by atoms with Gasteiger partial charge in [0.15, 0.2) is 0 Å². The Labute approximate surface area is 148 Å². The molecule has 1 aliphatic rings. The molecule has 1 atom stereocenters. The lowest BCUT2D eigenvalue weighted by molar-refractivity contribution is -0.136. The quantitative estimate of drug-likeness (QED) is 0.864. The molecule has 0 bridgehead atoms. The molecule has 0 radical (unpaired) electrons. The smallest absolute Gasteiger partial charge is 0.267 e. The van der Waals surface area contributed by atoms with Crippen LogP contribution >= 0.6 is 0 Å². The van der Waals surface area contributed by atoms with E-state index in [1.54, 1.807) is 6.07 Å². The van der Waals surface area contributed by atoms with Crippen LogP contribution in [0.2, 0.25) is 0 Å². The molecular weight excluding hydrogens is 314 g/mol. The van der Waals surface area contributed by atoms with Crippen molar-refractivity contribution in [3.63, 3.8) is 0 Å². The Morgan fingerprint density at radius 2 is 1.96 bits per heavy atom. The SMILES string of the molecule is Cc1ccc(=O)n(CC(=O)N2CCCCC2c2cccc(C)c2C)n1. The molecule has 1 aromatic heterocycles. The molecule has 1 aliphatic heterocycles. The van der Waals surface area contributed by atoms with Gasteiger partial charge in [0.25, 0.3) is 5.56 Å². The van der Waals surface area contributed by atoms with Crippen LogP contribution in [0.15, 0.2) is 35.1 Å². The van der Waals surface area contributed by atoms with Crippen molar-refractivity contribution >= 4 is 5.91 Å². The summed E-state index contributed by atoms with van der Waals surface area (Å²) in [5.41, 5.74) is 4.21. The van der Waals surface area contributed by atoms with Gasteiger partial charge in [0.1, 0.15) is 6.54 Å². The van der Waals surface area contributed by atoms with Gasteiger partial charge in [0.2, 0.25) is 5.91 Å². The Balaban J connectivity index is 1.88. The lowest BCUT2D eigenvalue weighted by atomic mass is 9.90. The Morgan fingerprint density at radius 1 is 1.16 bits per heavy atom. The van der Waals surface area contributed by atoms with Gasteiger partial charge in [-0.3, -0.25) is 9.59 Å². The van der Waals surface area contributed by atoms with E-state index in [-0.39, 0.29) is 24.1 Å². The van der Waals surface area contributed by atoms with Gasteiger partial charge in [-0.25, -0.2) is 4.68 Å². The van der Waals surface area contributed by atoms with Crippen LogP contribution in [0.1, 0.15) is 47.7 Å². The van der Waals surface area contributed by atoms with E-state index >= 15 is 0 Å². The molecule has 5 nitrogen and oxygen atoms in total. The highest BCUT2D eigenvalue weighted by atomic mass is 16.2. The van der Waals surface area contributed by atoms with Gasteiger partial charge in [-0.15, -0.1) is 0 Å². The monoisotopic (exact) mass is 339 g/mol. The number of nitrogens with zero attached hydrogens (tertiary/aromatic N) is 3. The van der Waals surface area contributed by atoms with E-state index in [0.717, 1.165) is 31.5 Å². The van der Waals surface area contributed by atoms with Crippen molar-refractivity contribution in [3.05, 3.63) is 63.1 Å². The molecule has 1 unspecified atom stereocenters. The van der Waals surface area contributed by atoms with Crippen LogP contribution in [-0.4, -0.2) is 27.1 Å². The Morgan fingerprint density at radius 3 is 2.76 bits per heavy atom. The van der Waals surface area contributed by atoms with Gasteiger partial charge in [0, 0.05) is 12.6 Å². The van der Waals surface area contributed by atoms with Gasteiger partial charge in [0.05, 0.1) is 11.7 Å². The topological polar surface area (TPSA) is 55.2 Å². The molecule has 1 saturated heterocycles. The van der Waals surface area contributed by atoms with Gasteiger partial charge in [-0.2, -0.15) is 5.10 Å². The van der Waals surface area contributed by atoms with Crippen LogP contribution in [-0.2, 0) is 11.3 Å². The van der Waals surface area contributed by atoms with Crippen LogP contribution in [0.3, 0.4) is 0 Å². The van der Waals surface area contributed by atoms with Gasteiger partial charge in [-0.05, 0) is 62.8 Å². The highest BCUT2D eigenvalue weighted by molar-refractivity contribution is 5.76. The number of piperidine rings is 1. The van der Waals surface area contributed by atoms with Crippen molar-refractivity contribution in [1.29, 1.82) is 0 Å². The first-order chi connectivity index (χ1) is 12.0. The number of rotatable bonds is 3. The average Bonchev–Trinajstić information content (AvgIpc) is 2.60. The lowest BCUT2D eigenvalue weighted by Gasteiger charge is -2.37. The predicted molar refractivity (Wildman–Crippen MR) is 97.5 cm³/mol. The summed E-state index contributed by atoms with van der Waals surface area (Å²) in [7, 11) is 0. The van der Waals surface area contributed by atoms with E-state index in [0.29, 0.717) is 0 Å². The summed E-state index contributed by atoms with van der Waals surface area (Å²) in [6, 6.07) is 9.50. The Kier molecular flexibility index (Phi) is 5.02. The molecule has 0 saturated carbocycles. The first-order valence-electron chi connectivity index (χ1n) is 8.87. The maximum Gasteiger partial charge on any atom is 0.267 e. The summed E-state index contributed by atoms with van der Waals surface area (Å²) in [6.45, 7) is 6.78. The summed E-state index contributed by atoms with van der Waals surface area (Å²) < 4.78 is 1.27. The van der Waals surface area contributed by atoms with Crippen molar-refractivity contribution in [1.82, 2.24) is 14.7 Å². The zero-order valence-corrected chi connectivity index (χ0v) is 15.2. The molecule has 5 heteroatoms. The maximum atomic E-state index is 12.9. The fourth-order valence-electron chi connectivity index (χ4n) is 3.57. The molecule has 1 amide bonds. The van der Waals surface area contributed by atoms with Crippen LogP contribution in [0.25, 0.3) is 0 Å². The summed E-state index contributed by atoms with van der Waals surface area (Å²) in [5.74, 6) is -0.0363. The first-order valence-corrected chi connectivity index (χ1v) is 8.87. The third-order valence-electron chi connectivity index (χ3n) is 5.11. The number of hydrogen-bond donors (Lipinski definition) is 0. The van der Waals surface area contributed by atoms with Crippen molar-refractivity contribution in [3.8, 4) is 0 Å². The van der Waals surface area contributed by atoms with Crippen LogP contribution < -0.4 is 5.56 Å². The number of benzene rings is 1. The fraction of sp³-hybridized carbons (Fsp3) is 0.450. The third kappa shape index (κ3) is 3.65. The minimum absolute atomic E-state index is 0.00186. The van der Waals surface area contributed by atoms with Crippen molar-refractivity contribution in [2.24, 2.45) is 0 Å². The Hall–Kier alpha value is -2.43. The molecule has 1 fully saturated rings. The van der Waals surface area contributed by atoms with Gasteiger partial charge in [-0.1, -0.05) is 18.2 Å². The third-order valence-corrected chi connectivity index (χ3v) is 5.11. The molecule has 3 rings (SSSR count). The molecule has 1 aromatic carbocycles. The van der Waals surface area contributed by atoms with Crippen molar-refractivity contribution in [2.75, 3.05) is 6.54 Å². The second kappa shape index (κ2) is 7.21. The Bertz CT molecular complexity index is 841. The van der Waals surface area contributed by atoms with Gasteiger partial charge < -0.3 is 4.90 Å². The van der Waals surface area contributed by atoms with E-state index in [4.69, 9.17) is 0 Å². The molecule has 132 valence electrons. The average molecular weight is 339 g/mol. The molecular formula is C20H25N3O2. The molecule has 0 aliphatic carbocycles. The highest BCUT2D eigenvalue weighted by Crippen LogP contribution is 2.33. The molecule has 2 heterocycles. The lowest BCUT2D eigenvalue weighted by Crippen LogP contribution is -2.42. The van der Waals surface area contributed by atoms with Crippen molar-refractivity contribution in [2.45, 2.75) is 52.6 Å². The standard InChI is InChI=1S/C20H25N3O2/c1-14-7-6-8-17(16(14)3)18-9-4-5-12-22(18)20(25)13-23-19(24)11-10-15(2)21-23/h6-8,10-11,18H,4-5,9,12-13H2,1-3H3. The second-order valence-electron chi connectivity index (χ2n) is 6.86. The molecule has 25 heavy (non-hydrogen) atoms. The van der Waals surface area contributed by atoms with E-state index in [2.05, 4.69) is 37.1 Å². The summed E-state index contributed by atoms with van der Waals surface area (Å²) in [6.07, 6.45) is 3.08. The zero-order valence-electron chi connectivity index (χ0n) is 15.2. The number of likely N-dealkylation sites (tertiary alicyclic amines) is 1. The normalized spacial score (nSPS) is 17.6. The van der Waals surface area contributed by atoms with E-state index in [1.165, 1.54) is 27.4 Å². The number of amides is 1. The van der Waals surface area contributed by atoms with E-state index in [9.17, 15) is 9.59 Å². The second-order valence-corrected chi connectivity index (χ2v) is 6.86. The van der Waals surface area contributed by atoms with Crippen LogP contribution in [0.4, 0.5) is 0 Å². The highest BCUT2D eigenvalue weighted by Gasteiger charge is 2.29. The minimum atomic E-state index is -0.237. The zero-order chi connectivity index (χ0) is 18.0. The van der Waals surface area contributed by atoms with Gasteiger partial charge >= 0.3 is 0 Å². The summed E-state index contributed by atoms with van der Waals surface area (Å²) in [4.78, 5) is 26.8. The molecule has 0 N–H and O–H groups in total. The number of aryl methyl sites for hydroxylation is 2. The predicted octanol–water partition coefficient (Wildman–Crippen LogP) is 2.92. The molecule has 0 spiro atoms. The van der Waals surface area contributed by atoms with Crippen LogP contribution in [0.5, 0.6) is 0 Å². The molecule has 2 aromatic rings. The number of carbonyl (C=O) groups excluding carboxylic acids is 1. The number of hydrogen-bond acceptors (Lipinski definition) is 3. The maximum absolute atomic E-state index is 12.9. The minimum Gasteiger partial charge on any atom is -0.334 e. The largest absolute Gasteiger partial charge is 0.334 e.